The van der Waals surface area contributed by atoms with Crippen molar-refractivity contribution in [3.63, 3.8) is 0 Å². The molecule has 16 heteroatoms. The van der Waals surface area contributed by atoms with Crippen LogP contribution in [-0.2, 0) is 28.8 Å². The molecule has 3 aliphatic heterocycles. The van der Waals surface area contributed by atoms with Crippen molar-refractivity contribution < 1.29 is 28.8 Å². The van der Waals surface area contributed by atoms with E-state index in [0.29, 0.717) is 70.0 Å². The summed E-state index contributed by atoms with van der Waals surface area (Å²) in [6.07, 6.45) is 8.68. The van der Waals surface area contributed by atoms with Crippen molar-refractivity contribution in [2.75, 3.05) is 19.6 Å². The number of primary amides is 3. The van der Waals surface area contributed by atoms with Crippen molar-refractivity contribution >= 4 is 89.4 Å². The van der Waals surface area contributed by atoms with E-state index in [1.807, 2.05) is 20.8 Å². The van der Waals surface area contributed by atoms with Gasteiger partial charge in [-0.1, -0.05) is 47.5 Å². The lowest BCUT2D eigenvalue weighted by atomic mass is 10.0. The Morgan fingerprint density at radius 3 is 1.17 bits per heavy atom. The minimum Gasteiger partial charge on any atom is -0.368 e. The summed E-state index contributed by atoms with van der Waals surface area (Å²) in [6, 6.07) is -1.20. The lowest BCUT2D eigenvalue weighted by Crippen LogP contribution is -2.45. The molecule has 0 bridgehead atoms. The smallest absolute Gasteiger partial charge is 0.240 e. The van der Waals surface area contributed by atoms with Gasteiger partial charge < -0.3 is 31.9 Å². The molecule has 3 fully saturated rings. The summed E-state index contributed by atoms with van der Waals surface area (Å²) in [4.78, 5) is 72.7. The predicted molar refractivity (Wildman–Crippen MR) is 202 cm³/mol. The third-order valence-electron chi connectivity index (χ3n) is 8.25. The van der Waals surface area contributed by atoms with Gasteiger partial charge in [-0.25, -0.2) is 0 Å². The molecule has 12 nitrogen and oxygen atoms in total. The number of likely N-dealkylation sites (tertiary alicyclic amines) is 3. The molecule has 3 saturated heterocycles. The molecule has 0 aromatic rings. The highest BCUT2D eigenvalue weighted by molar-refractivity contribution is 7.59. The maximum atomic E-state index is 11.7. The first kappa shape index (κ1) is 51.1. The van der Waals surface area contributed by atoms with Gasteiger partial charge in [0.15, 0.2) is 0 Å². The SMILES string of the molecule is CCC(C(N)=O)N1CCCC1=O.CCC[C@@H]1CC(=O)N(C(CC)C(N)=O)C1.CCC[C@H]1CC(=O)N(C(CC)C(N)=O)C1.S.S.S.S. The number of nitrogens with zero attached hydrogens (tertiary/aromatic N) is 3. The Balaban J connectivity index is -0.000000277. The van der Waals surface area contributed by atoms with Crippen LogP contribution in [0.3, 0.4) is 0 Å². The molecule has 46 heavy (non-hydrogen) atoms. The maximum Gasteiger partial charge on any atom is 0.240 e. The second kappa shape index (κ2) is 26.2. The van der Waals surface area contributed by atoms with E-state index in [9.17, 15) is 28.8 Å². The lowest BCUT2D eigenvalue weighted by Gasteiger charge is -2.24. The van der Waals surface area contributed by atoms with Crippen LogP contribution in [0.15, 0.2) is 0 Å². The number of hydrogen-bond donors (Lipinski definition) is 3. The van der Waals surface area contributed by atoms with Gasteiger partial charge in [0.05, 0.1) is 0 Å². The third-order valence-corrected chi connectivity index (χ3v) is 8.25. The van der Waals surface area contributed by atoms with E-state index in [1.165, 1.54) is 0 Å². The van der Waals surface area contributed by atoms with E-state index in [2.05, 4.69) is 13.8 Å². The van der Waals surface area contributed by atoms with Crippen molar-refractivity contribution in [3.05, 3.63) is 0 Å². The first-order valence-corrected chi connectivity index (χ1v) is 15.6. The lowest BCUT2D eigenvalue weighted by molar-refractivity contribution is -0.136. The van der Waals surface area contributed by atoms with Crippen LogP contribution in [0.25, 0.3) is 0 Å². The molecule has 3 aliphatic rings. The first-order valence-electron chi connectivity index (χ1n) is 15.6. The Labute approximate surface area is 303 Å². The standard InChI is InChI=1S/2C11H20N2O2.C8H14N2O2.4H2S/c2*1-3-5-8-6-10(14)13(7-8)9(4-2)11(12)15;1-2-6(8(9)12)10-5-3-4-7(10)11;;;;/h2*8-9H,3-7H2,1-2H3,(H2,12,15);6H,2-5H2,1H3,(H2,9,12);4*1H2/t2*8-,9?;;;;;/m10...../s1. The second-order valence-corrected chi connectivity index (χ2v) is 11.5. The number of carbonyl (C=O) groups is 6. The highest BCUT2D eigenvalue weighted by atomic mass is 32.1. The van der Waals surface area contributed by atoms with Crippen LogP contribution in [0.4, 0.5) is 0 Å². The Morgan fingerprint density at radius 1 is 0.609 bits per heavy atom. The third kappa shape index (κ3) is 15.4. The molecule has 0 saturated carbocycles. The average Bonchev–Trinajstić information content (AvgIpc) is 3.60. The van der Waals surface area contributed by atoms with E-state index >= 15 is 0 Å². The highest BCUT2D eigenvalue weighted by Crippen LogP contribution is 2.26. The number of nitrogens with two attached hydrogens (primary N) is 3. The molecule has 3 heterocycles. The number of carbonyl (C=O) groups excluding carboxylic acids is 6. The van der Waals surface area contributed by atoms with E-state index in [1.54, 1.807) is 14.7 Å². The van der Waals surface area contributed by atoms with Gasteiger partial charge in [-0.05, 0) is 50.4 Å². The maximum absolute atomic E-state index is 11.7. The van der Waals surface area contributed by atoms with Crippen LogP contribution < -0.4 is 17.2 Å². The summed E-state index contributed by atoms with van der Waals surface area (Å²) in [5.74, 6) is -0.121. The van der Waals surface area contributed by atoms with Gasteiger partial charge >= 0.3 is 0 Å². The molecular formula is C30H62N6O6S4. The molecule has 0 aromatic heterocycles. The zero-order valence-corrected chi connectivity index (χ0v) is 32.3. The van der Waals surface area contributed by atoms with Crippen LogP contribution in [0, 0.1) is 11.8 Å². The Morgan fingerprint density at radius 2 is 0.935 bits per heavy atom. The van der Waals surface area contributed by atoms with Crippen LogP contribution >= 0.6 is 54.0 Å². The van der Waals surface area contributed by atoms with Gasteiger partial charge in [0.25, 0.3) is 0 Å². The van der Waals surface area contributed by atoms with Crippen LogP contribution in [-0.4, -0.2) is 87.9 Å². The molecular weight excluding hydrogens is 669 g/mol. The molecule has 0 aliphatic carbocycles. The fraction of sp³-hybridized carbons (Fsp3) is 0.800. The molecule has 6 amide bonds. The summed E-state index contributed by atoms with van der Waals surface area (Å²) >= 11 is 0. The fourth-order valence-electron chi connectivity index (χ4n) is 6.15. The quantitative estimate of drug-likeness (QED) is 0.260. The van der Waals surface area contributed by atoms with Crippen LogP contribution in [0.5, 0.6) is 0 Å². The highest BCUT2D eigenvalue weighted by Gasteiger charge is 2.36. The zero-order chi connectivity index (χ0) is 32.0. The normalized spacial score (nSPS) is 20.3. The van der Waals surface area contributed by atoms with E-state index < -0.39 is 18.0 Å². The Bertz CT molecular complexity index is 911. The first-order chi connectivity index (χ1) is 19.9. The molecule has 6 N–H and O–H groups in total. The van der Waals surface area contributed by atoms with Crippen molar-refractivity contribution in [1.29, 1.82) is 0 Å². The molecule has 3 unspecified atom stereocenters. The van der Waals surface area contributed by atoms with E-state index in [4.69, 9.17) is 17.2 Å². The summed E-state index contributed by atoms with van der Waals surface area (Å²) in [5.41, 5.74) is 15.7. The number of amides is 6. The molecule has 0 spiro atoms. The monoisotopic (exact) mass is 730 g/mol. The largest absolute Gasteiger partial charge is 0.368 e. The summed E-state index contributed by atoms with van der Waals surface area (Å²) in [6.45, 7) is 11.9. The Kier molecular flexibility index (Phi) is 29.1. The van der Waals surface area contributed by atoms with Crippen molar-refractivity contribution in [3.8, 4) is 0 Å². The summed E-state index contributed by atoms with van der Waals surface area (Å²) in [7, 11) is 0. The van der Waals surface area contributed by atoms with Gasteiger partial charge in [0.2, 0.25) is 35.4 Å². The minimum absolute atomic E-state index is 0. The summed E-state index contributed by atoms with van der Waals surface area (Å²) < 4.78 is 0. The van der Waals surface area contributed by atoms with Crippen LogP contribution in [0.1, 0.15) is 105 Å². The van der Waals surface area contributed by atoms with Gasteiger partial charge in [-0.15, -0.1) is 0 Å². The predicted octanol–water partition coefficient (Wildman–Crippen LogP) is 2.12. The second-order valence-electron chi connectivity index (χ2n) is 11.5. The van der Waals surface area contributed by atoms with Gasteiger partial charge in [0.1, 0.15) is 18.1 Å². The van der Waals surface area contributed by atoms with E-state index in [-0.39, 0.29) is 89.6 Å². The minimum atomic E-state index is -0.403. The average molecular weight is 731 g/mol. The fourth-order valence-corrected chi connectivity index (χ4v) is 6.15. The number of hydrogen-bond acceptors (Lipinski definition) is 6. The molecule has 5 atom stereocenters. The summed E-state index contributed by atoms with van der Waals surface area (Å²) in [5, 5.41) is 0. The van der Waals surface area contributed by atoms with Crippen molar-refractivity contribution in [1.82, 2.24) is 14.7 Å². The number of rotatable bonds is 13. The Hall–Kier alpha value is -1.78. The van der Waals surface area contributed by atoms with E-state index in [0.717, 1.165) is 32.1 Å². The molecule has 0 radical (unpaired) electrons. The molecule has 272 valence electrons. The van der Waals surface area contributed by atoms with Crippen molar-refractivity contribution in [2.24, 2.45) is 29.0 Å². The zero-order valence-electron chi connectivity index (χ0n) is 28.3. The van der Waals surface area contributed by atoms with Crippen molar-refractivity contribution in [2.45, 2.75) is 123 Å². The van der Waals surface area contributed by atoms with Gasteiger partial charge in [0, 0.05) is 38.9 Å². The van der Waals surface area contributed by atoms with Crippen LogP contribution in [0.2, 0.25) is 0 Å². The topological polar surface area (TPSA) is 190 Å². The van der Waals surface area contributed by atoms with Gasteiger partial charge in [-0.3, -0.25) is 28.8 Å². The molecule has 0 aromatic carbocycles. The van der Waals surface area contributed by atoms with Gasteiger partial charge in [-0.2, -0.15) is 54.0 Å². The molecule has 3 rings (SSSR count).